The Morgan fingerprint density at radius 1 is 1.22 bits per heavy atom. The van der Waals surface area contributed by atoms with Crippen molar-refractivity contribution in [3.05, 3.63) is 65.3 Å². The Bertz CT molecular complexity index is 1340. The number of aryl methyl sites for hydroxylation is 1. The number of rotatable bonds is 5. The second-order valence-corrected chi connectivity index (χ2v) is 9.41. The largest absolute Gasteiger partial charge is 0.361 e. The van der Waals surface area contributed by atoms with Crippen molar-refractivity contribution in [2.75, 3.05) is 5.32 Å². The highest BCUT2D eigenvalue weighted by Crippen LogP contribution is 2.38. The highest BCUT2D eigenvalue weighted by atomic mass is 32.2. The van der Waals surface area contributed by atoms with Crippen molar-refractivity contribution >= 4 is 27.6 Å². The molecule has 10 heteroatoms. The highest BCUT2D eigenvalue weighted by molar-refractivity contribution is 7.90. The molecule has 0 saturated carbocycles. The van der Waals surface area contributed by atoms with E-state index in [0.717, 1.165) is 36.0 Å². The van der Waals surface area contributed by atoms with Gasteiger partial charge in [-0.3, -0.25) is 4.68 Å². The molecule has 0 atom stereocenters. The molecular formula is C22H22N6O3S. The molecule has 0 radical (unpaired) electrons. The van der Waals surface area contributed by atoms with E-state index in [4.69, 9.17) is 6.57 Å². The van der Waals surface area contributed by atoms with E-state index in [1.807, 2.05) is 26.0 Å². The Balaban J connectivity index is 1.65. The summed E-state index contributed by atoms with van der Waals surface area (Å²) in [5.74, 6) is 0.238. The fourth-order valence-electron chi connectivity index (χ4n) is 3.76. The minimum absolute atomic E-state index is 0.0112. The van der Waals surface area contributed by atoms with Gasteiger partial charge in [-0.25, -0.2) is 9.52 Å². The summed E-state index contributed by atoms with van der Waals surface area (Å²) in [5.41, 5.74) is 4.05. The molecule has 0 saturated heterocycles. The molecule has 1 aromatic carbocycles. The maximum Gasteiger partial charge on any atom is 0.333 e. The summed E-state index contributed by atoms with van der Waals surface area (Å²) < 4.78 is 28.9. The average molecular weight is 451 g/mol. The van der Waals surface area contributed by atoms with E-state index in [1.54, 1.807) is 18.3 Å². The first-order valence-corrected chi connectivity index (χ1v) is 11.6. The monoisotopic (exact) mass is 450 g/mol. The molecule has 164 valence electrons. The van der Waals surface area contributed by atoms with Crippen molar-refractivity contribution in [1.29, 1.82) is 0 Å². The molecule has 4 rings (SSSR count). The van der Waals surface area contributed by atoms with Gasteiger partial charge in [-0.15, -0.1) is 4.98 Å². The molecule has 32 heavy (non-hydrogen) atoms. The van der Waals surface area contributed by atoms with Gasteiger partial charge in [-0.1, -0.05) is 18.7 Å². The summed E-state index contributed by atoms with van der Waals surface area (Å²) in [6.45, 7) is 11.0. The smallest absolute Gasteiger partial charge is 0.333 e. The van der Waals surface area contributed by atoms with Gasteiger partial charge in [0.25, 0.3) is 15.8 Å². The van der Waals surface area contributed by atoms with Gasteiger partial charge in [0.1, 0.15) is 6.20 Å². The number of fused-ring (bicyclic) bond motifs is 1. The molecule has 2 heterocycles. The Labute approximate surface area is 186 Å². The van der Waals surface area contributed by atoms with Crippen molar-refractivity contribution in [2.24, 2.45) is 0 Å². The Morgan fingerprint density at radius 3 is 2.75 bits per heavy atom. The zero-order valence-corrected chi connectivity index (χ0v) is 18.5. The third-order valence-corrected chi connectivity index (χ3v) is 6.53. The SMILES string of the molecule is [C-]#[N+]c1cc(-c2ccc3c(c2NC(=O)NS(=O)(=O)c2ccn(C(C)C)n2)CCC3)ccn1. The molecule has 3 aromatic rings. The van der Waals surface area contributed by atoms with Crippen LogP contribution in [0.1, 0.15) is 37.4 Å². The van der Waals surface area contributed by atoms with Gasteiger partial charge in [-0.2, -0.15) is 13.5 Å². The summed E-state index contributed by atoms with van der Waals surface area (Å²) in [5, 5.41) is 6.55. The quantitative estimate of drug-likeness (QED) is 0.569. The maximum absolute atomic E-state index is 12.8. The number of urea groups is 1. The summed E-state index contributed by atoms with van der Waals surface area (Å²) in [6.07, 6.45) is 5.70. The normalized spacial score (nSPS) is 12.9. The van der Waals surface area contributed by atoms with E-state index >= 15 is 0 Å². The number of hydrogen-bond donors (Lipinski definition) is 2. The average Bonchev–Trinajstić information content (AvgIpc) is 3.44. The molecule has 1 aliphatic carbocycles. The van der Waals surface area contributed by atoms with Crippen LogP contribution in [0.5, 0.6) is 0 Å². The number of amides is 2. The number of benzene rings is 1. The molecule has 2 aromatic heterocycles. The Hall–Kier alpha value is -3.71. The van der Waals surface area contributed by atoms with E-state index < -0.39 is 16.1 Å². The third kappa shape index (κ3) is 4.20. The molecule has 0 spiro atoms. The number of carbonyl (C=O) groups excluding carboxylic acids is 1. The molecule has 0 aliphatic heterocycles. The van der Waals surface area contributed by atoms with Gasteiger partial charge in [0, 0.05) is 17.8 Å². The molecule has 0 bridgehead atoms. The van der Waals surface area contributed by atoms with E-state index in [9.17, 15) is 13.2 Å². The zero-order chi connectivity index (χ0) is 22.9. The first-order chi connectivity index (χ1) is 15.3. The van der Waals surface area contributed by atoms with E-state index in [2.05, 4.69) is 25.0 Å². The fourth-order valence-corrected chi connectivity index (χ4v) is 4.60. The number of pyridine rings is 1. The topological polar surface area (TPSA) is 110 Å². The van der Waals surface area contributed by atoms with Crippen molar-refractivity contribution < 1.29 is 13.2 Å². The zero-order valence-electron chi connectivity index (χ0n) is 17.7. The second kappa shape index (κ2) is 8.43. The maximum atomic E-state index is 12.8. The van der Waals surface area contributed by atoms with Crippen molar-refractivity contribution in [2.45, 2.75) is 44.2 Å². The summed E-state index contributed by atoms with van der Waals surface area (Å²) >= 11 is 0. The molecule has 0 unspecified atom stereocenters. The molecule has 2 N–H and O–H groups in total. The van der Waals surface area contributed by atoms with Gasteiger partial charge in [-0.05, 0) is 68.0 Å². The van der Waals surface area contributed by atoms with Gasteiger partial charge < -0.3 is 10.2 Å². The molecule has 9 nitrogen and oxygen atoms in total. The number of carbonyl (C=O) groups is 1. The Morgan fingerprint density at radius 2 is 2.03 bits per heavy atom. The molecule has 1 aliphatic rings. The van der Waals surface area contributed by atoms with Crippen LogP contribution in [-0.2, 0) is 22.9 Å². The minimum atomic E-state index is -4.14. The molecular weight excluding hydrogens is 428 g/mol. The van der Waals surface area contributed by atoms with Crippen LogP contribution in [0.4, 0.5) is 16.3 Å². The predicted octanol–water partition coefficient (Wildman–Crippen LogP) is 4.08. The fraction of sp³-hybridized carbons (Fsp3) is 0.273. The Kier molecular flexibility index (Phi) is 5.67. The van der Waals surface area contributed by atoms with Crippen LogP contribution >= 0.6 is 0 Å². The number of anilines is 1. The first-order valence-electron chi connectivity index (χ1n) is 10.2. The first kappa shape index (κ1) is 21.5. The van der Waals surface area contributed by atoms with Crippen molar-refractivity contribution in [3.63, 3.8) is 0 Å². The third-order valence-electron chi connectivity index (χ3n) is 5.31. The van der Waals surface area contributed by atoms with E-state index in [0.29, 0.717) is 11.3 Å². The predicted molar refractivity (Wildman–Crippen MR) is 120 cm³/mol. The number of sulfonamides is 1. The van der Waals surface area contributed by atoms with Crippen LogP contribution in [0, 0.1) is 6.57 Å². The number of nitrogens with zero attached hydrogens (tertiary/aromatic N) is 4. The number of aromatic nitrogens is 3. The van der Waals surface area contributed by atoms with Gasteiger partial charge in [0.05, 0.1) is 5.69 Å². The summed E-state index contributed by atoms with van der Waals surface area (Å²) in [4.78, 5) is 20.1. The van der Waals surface area contributed by atoms with Crippen LogP contribution in [0.3, 0.4) is 0 Å². The highest BCUT2D eigenvalue weighted by Gasteiger charge is 2.24. The van der Waals surface area contributed by atoms with Gasteiger partial charge in [0.2, 0.25) is 0 Å². The standard InChI is InChI=1S/C22H22N6O3S/c1-14(2)28-12-10-20(26-28)32(30,31)27-22(29)25-21-17-6-4-5-15(17)7-8-18(21)16-9-11-24-19(13-16)23-3/h7-14H,4-6H2,1-2H3,(H2,25,27,29). The van der Waals surface area contributed by atoms with Crippen molar-refractivity contribution in [1.82, 2.24) is 19.5 Å². The van der Waals surface area contributed by atoms with Crippen LogP contribution in [0.15, 0.2) is 47.8 Å². The number of hydrogen-bond acceptors (Lipinski definition) is 5. The lowest BCUT2D eigenvalue weighted by Crippen LogP contribution is -2.35. The van der Waals surface area contributed by atoms with E-state index in [-0.39, 0.29) is 16.9 Å². The number of nitrogens with one attached hydrogen (secondary N) is 2. The lowest BCUT2D eigenvalue weighted by atomic mass is 9.98. The lowest BCUT2D eigenvalue weighted by molar-refractivity contribution is 0.256. The summed E-state index contributed by atoms with van der Waals surface area (Å²) in [7, 11) is -4.14. The van der Waals surface area contributed by atoms with Gasteiger partial charge >= 0.3 is 6.03 Å². The van der Waals surface area contributed by atoms with Gasteiger partial charge in [0.15, 0.2) is 5.03 Å². The molecule has 2 amide bonds. The lowest BCUT2D eigenvalue weighted by Gasteiger charge is -2.16. The van der Waals surface area contributed by atoms with Crippen LogP contribution in [-0.4, -0.2) is 29.2 Å². The van der Waals surface area contributed by atoms with Crippen LogP contribution in [0.2, 0.25) is 0 Å². The summed E-state index contributed by atoms with van der Waals surface area (Å²) in [6, 6.07) is 7.75. The molecule has 0 fully saturated rings. The van der Waals surface area contributed by atoms with Crippen molar-refractivity contribution in [3.8, 4) is 11.1 Å². The van der Waals surface area contributed by atoms with E-state index in [1.165, 1.54) is 16.9 Å². The second-order valence-electron chi connectivity index (χ2n) is 7.78. The minimum Gasteiger partial charge on any atom is -0.361 e. The van der Waals surface area contributed by atoms with Crippen LogP contribution < -0.4 is 10.0 Å². The van der Waals surface area contributed by atoms with Crippen LogP contribution in [0.25, 0.3) is 16.0 Å².